The summed E-state index contributed by atoms with van der Waals surface area (Å²) < 4.78 is 0. The van der Waals surface area contributed by atoms with Gasteiger partial charge in [0.2, 0.25) is 0 Å². The zero-order chi connectivity index (χ0) is 12.2. The summed E-state index contributed by atoms with van der Waals surface area (Å²) in [6.45, 7) is 6.50. The van der Waals surface area contributed by atoms with Gasteiger partial charge in [-0.2, -0.15) is 0 Å². The predicted molar refractivity (Wildman–Crippen MR) is 61.0 cm³/mol. The number of carboxylic acids is 1. The average Bonchev–Trinajstić information content (AvgIpc) is 2.68. The van der Waals surface area contributed by atoms with Crippen LogP contribution in [0.4, 0.5) is 0 Å². The average molecular weight is 225 g/mol. The third-order valence-electron chi connectivity index (χ3n) is 2.52. The minimum atomic E-state index is -1.06. The van der Waals surface area contributed by atoms with Gasteiger partial charge in [-0.15, -0.1) is 0 Å². The summed E-state index contributed by atoms with van der Waals surface area (Å²) >= 11 is 0. The van der Waals surface area contributed by atoms with Crippen LogP contribution in [0.15, 0.2) is 12.5 Å². The Labute approximate surface area is 95.3 Å². The van der Waals surface area contributed by atoms with Gasteiger partial charge in [-0.1, -0.05) is 20.8 Å². The maximum absolute atomic E-state index is 11.5. The van der Waals surface area contributed by atoms with Crippen LogP contribution in [0, 0.1) is 5.92 Å². The molecule has 5 heteroatoms. The molecule has 0 amide bonds. The molecule has 0 fully saturated rings. The lowest BCUT2D eigenvalue weighted by molar-refractivity contribution is -0.146. The molecule has 1 aromatic rings. The number of aromatic nitrogens is 2. The first kappa shape index (κ1) is 12.7. The van der Waals surface area contributed by atoms with Crippen molar-refractivity contribution < 1.29 is 9.90 Å². The van der Waals surface area contributed by atoms with Crippen molar-refractivity contribution >= 4 is 5.97 Å². The van der Waals surface area contributed by atoms with Gasteiger partial charge in [0.15, 0.2) is 5.54 Å². The zero-order valence-corrected chi connectivity index (χ0v) is 9.95. The number of carbonyl (C=O) groups is 1. The van der Waals surface area contributed by atoms with Gasteiger partial charge in [0.05, 0.1) is 18.2 Å². The largest absolute Gasteiger partial charge is 0.480 e. The summed E-state index contributed by atoms with van der Waals surface area (Å²) in [4.78, 5) is 18.3. The Morgan fingerprint density at radius 2 is 2.38 bits per heavy atom. The minimum absolute atomic E-state index is 0.276. The number of nitrogens with one attached hydrogen (secondary N) is 2. The van der Waals surface area contributed by atoms with Crippen molar-refractivity contribution in [2.45, 2.75) is 32.7 Å². The van der Waals surface area contributed by atoms with Crippen molar-refractivity contribution in [3.63, 3.8) is 0 Å². The molecule has 0 aliphatic heterocycles. The number of hydrogen-bond donors (Lipinski definition) is 3. The zero-order valence-electron chi connectivity index (χ0n) is 9.95. The molecule has 1 rings (SSSR count). The lowest BCUT2D eigenvalue weighted by Gasteiger charge is -2.30. The summed E-state index contributed by atoms with van der Waals surface area (Å²) in [6.07, 6.45) is 3.60. The number of rotatable bonds is 6. The molecular weight excluding hydrogens is 206 g/mol. The van der Waals surface area contributed by atoms with Gasteiger partial charge in [0.1, 0.15) is 0 Å². The number of carboxylic acid groups (broad SMARTS) is 1. The fourth-order valence-electron chi connectivity index (χ4n) is 1.96. The monoisotopic (exact) mass is 225 g/mol. The van der Waals surface area contributed by atoms with Gasteiger partial charge >= 0.3 is 5.97 Å². The maximum Gasteiger partial charge on any atom is 0.330 e. The van der Waals surface area contributed by atoms with Crippen molar-refractivity contribution in [3.8, 4) is 0 Å². The van der Waals surface area contributed by atoms with E-state index in [9.17, 15) is 9.90 Å². The number of likely N-dealkylation sites (N-methyl/N-ethyl adjacent to an activating group) is 1. The second-order valence-electron chi connectivity index (χ2n) is 4.30. The van der Waals surface area contributed by atoms with Gasteiger partial charge in [-0.05, 0) is 18.9 Å². The fourth-order valence-corrected chi connectivity index (χ4v) is 1.96. The van der Waals surface area contributed by atoms with Gasteiger partial charge in [0.25, 0.3) is 0 Å². The molecule has 0 aromatic carbocycles. The Bertz CT molecular complexity index is 335. The highest BCUT2D eigenvalue weighted by Gasteiger charge is 2.41. The smallest absolute Gasteiger partial charge is 0.330 e. The molecule has 16 heavy (non-hydrogen) atoms. The molecule has 0 aliphatic carbocycles. The highest BCUT2D eigenvalue weighted by atomic mass is 16.4. The molecule has 0 saturated carbocycles. The van der Waals surface area contributed by atoms with Crippen LogP contribution < -0.4 is 5.32 Å². The molecule has 1 aromatic heterocycles. The van der Waals surface area contributed by atoms with Crippen LogP contribution in [0.2, 0.25) is 0 Å². The van der Waals surface area contributed by atoms with E-state index in [0.29, 0.717) is 18.7 Å². The van der Waals surface area contributed by atoms with Crippen LogP contribution in [0.25, 0.3) is 0 Å². The van der Waals surface area contributed by atoms with E-state index < -0.39 is 11.5 Å². The first-order valence-electron chi connectivity index (χ1n) is 5.50. The first-order chi connectivity index (χ1) is 7.53. The van der Waals surface area contributed by atoms with Crippen LogP contribution in [0.3, 0.4) is 0 Å². The minimum Gasteiger partial charge on any atom is -0.480 e. The van der Waals surface area contributed by atoms with Crippen molar-refractivity contribution in [2.75, 3.05) is 6.54 Å². The molecule has 3 N–H and O–H groups in total. The Morgan fingerprint density at radius 3 is 2.75 bits per heavy atom. The fraction of sp³-hybridized carbons (Fsp3) is 0.636. The van der Waals surface area contributed by atoms with E-state index in [0.717, 1.165) is 0 Å². The molecule has 0 bridgehead atoms. The summed E-state index contributed by atoms with van der Waals surface area (Å²) in [7, 11) is 0. The number of aromatic amines is 1. The van der Waals surface area contributed by atoms with Crippen molar-refractivity contribution in [1.29, 1.82) is 0 Å². The maximum atomic E-state index is 11.5. The number of imidazole rings is 1. The normalized spacial score (nSPS) is 15.0. The van der Waals surface area contributed by atoms with Crippen LogP contribution in [0.5, 0.6) is 0 Å². The lowest BCUT2D eigenvalue weighted by Crippen LogP contribution is -2.50. The van der Waals surface area contributed by atoms with Gasteiger partial charge in [-0.25, -0.2) is 9.78 Å². The van der Waals surface area contributed by atoms with E-state index in [-0.39, 0.29) is 5.92 Å². The van der Waals surface area contributed by atoms with Crippen LogP contribution >= 0.6 is 0 Å². The molecule has 0 aliphatic rings. The van der Waals surface area contributed by atoms with Crippen molar-refractivity contribution in [2.24, 2.45) is 5.92 Å². The van der Waals surface area contributed by atoms with Crippen molar-refractivity contribution in [3.05, 3.63) is 18.2 Å². The molecule has 1 atom stereocenters. The first-order valence-corrected chi connectivity index (χ1v) is 5.50. The number of H-pyrrole nitrogens is 1. The van der Waals surface area contributed by atoms with E-state index in [1.165, 1.54) is 6.33 Å². The molecular formula is C11H19N3O2. The molecule has 90 valence electrons. The van der Waals surface area contributed by atoms with Gasteiger partial charge in [-0.3, -0.25) is 5.32 Å². The Balaban J connectivity index is 3.11. The second-order valence-corrected chi connectivity index (χ2v) is 4.30. The van der Waals surface area contributed by atoms with E-state index >= 15 is 0 Å². The van der Waals surface area contributed by atoms with Gasteiger partial charge in [0, 0.05) is 0 Å². The molecule has 0 spiro atoms. The number of nitrogens with zero attached hydrogens (tertiary/aromatic N) is 1. The predicted octanol–water partition coefficient (Wildman–Crippen LogP) is 1.35. The third-order valence-corrected chi connectivity index (χ3v) is 2.52. The molecule has 1 heterocycles. The Kier molecular flexibility index (Phi) is 4.06. The molecule has 5 nitrogen and oxygen atoms in total. The SMILES string of the molecule is CCNC(CC(C)C)(C(=O)O)c1cnc[nH]1. The van der Waals surface area contributed by atoms with E-state index in [1.807, 2.05) is 20.8 Å². The highest BCUT2D eigenvalue weighted by Crippen LogP contribution is 2.27. The highest BCUT2D eigenvalue weighted by molar-refractivity contribution is 5.80. The summed E-state index contributed by atoms with van der Waals surface area (Å²) in [6, 6.07) is 0. The topological polar surface area (TPSA) is 78.0 Å². The molecule has 1 unspecified atom stereocenters. The Hall–Kier alpha value is -1.36. The van der Waals surface area contributed by atoms with E-state index in [2.05, 4.69) is 15.3 Å². The standard InChI is InChI=1S/C11H19N3O2/c1-4-14-11(10(15)16,5-8(2)3)9-6-12-7-13-9/h6-8,14H,4-5H2,1-3H3,(H,12,13)(H,15,16). The second kappa shape index (κ2) is 5.12. The summed E-state index contributed by atoms with van der Waals surface area (Å²) in [5.74, 6) is -0.592. The van der Waals surface area contributed by atoms with E-state index in [1.54, 1.807) is 6.20 Å². The molecule has 0 radical (unpaired) electrons. The summed E-state index contributed by atoms with van der Waals surface area (Å²) in [5.41, 5.74) is -0.449. The van der Waals surface area contributed by atoms with Crippen LogP contribution in [-0.4, -0.2) is 27.6 Å². The third kappa shape index (κ3) is 2.41. The summed E-state index contributed by atoms with van der Waals surface area (Å²) in [5, 5.41) is 12.5. The number of hydrogen-bond acceptors (Lipinski definition) is 3. The van der Waals surface area contributed by atoms with Gasteiger partial charge < -0.3 is 10.1 Å². The quantitative estimate of drug-likeness (QED) is 0.682. The van der Waals surface area contributed by atoms with Crippen LogP contribution in [0.1, 0.15) is 32.9 Å². The van der Waals surface area contributed by atoms with Crippen LogP contribution in [-0.2, 0) is 10.3 Å². The Morgan fingerprint density at radius 1 is 1.69 bits per heavy atom. The number of aliphatic carboxylic acids is 1. The lowest BCUT2D eigenvalue weighted by atomic mass is 9.86. The van der Waals surface area contributed by atoms with Crippen molar-refractivity contribution in [1.82, 2.24) is 15.3 Å². The van der Waals surface area contributed by atoms with E-state index in [4.69, 9.17) is 0 Å². The molecule has 0 saturated heterocycles.